The van der Waals surface area contributed by atoms with Gasteiger partial charge in [0.15, 0.2) is 0 Å². The average molecular weight is 397 g/mol. The molecule has 1 aliphatic carbocycles. The molecule has 0 aliphatic heterocycles. The molecule has 0 radical (unpaired) electrons. The SMILES string of the molecule is CNC(=O)c1cccc(N[C@@H](C)c2nc3sc4c(c3c(=O)[nH]2)CC[C@H](C)C4)c1. The van der Waals surface area contributed by atoms with Gasteiger partial charge in [-0.15, -0.1) is 11.3 Å². The first kappa shape index (κ1) is 18.7. The minimum atomic E-state index is -0.199. The minimum Gasteiger partial charge on any atom is -0.375 e. The Labute approximate surface area is 167 Å². The summed E-state index contributed by atoms with van der Waals surface area (Å²) in [5.41, 5.74) is 2.52. The number of fused-ring (bicyclic) bond motifs is 3. The molecule has 2 atom stereocenters. The van der Waals surface area contributed by atoms with E-state index in [1.54, 1.807) is 30.5 Å². The summed E-state index contributed by atoms with van der Waals surface area (Å²) in [4.78, 5) is 34.5. The fourth-order valence-electron chi connectivity index (χ4n) is 3.78. The van der Waals surface area contributed by atoms with Crippen molar-refractivity contribution in [3.8, 4) is 0 Å². The van der Waals surface area contributed by atoms with Crippen molar-refractivity contribution >= 4 is 33.1 Å². The zero-order valence-electron chi connectivity index (χ0n) is 16.3. The highest BCUT2D eigenvalue weighted by atomic mass is 32.1. The predicted octanol–water partition coefficient (Wildman–Crippen LogP) is 3.64. The van der Waals surface area contributed by atoms with Crippen molar-refractivity contribution in [1.29, 1.82) is 0 Å². The number of carbonyl (C=O) groups is 1. The number of H-pyrrole nitrogens is 1. The molecule has 28 heavy (non-hydrogen) atoms. The van der Waals surface area contributed by atoms with E-state index in [2.05, 4.69) is 22.5 Å². The van der Waals surface area contributed by atoms with Gasteiger partial charge >= 0.3 is 0 Å². The number of rotatable bonds is 4. The van der Waals surface area contributed by atoms with Crippen molar-refractivity contribution in [3.63, 3.8) is 0 Å². The smallest absolute Gasteiger partial charge is 0.259 e. The number of aryl methyl sites for hydroxylation is 1. The van der Waals surface area contributed by atoms with E-state index >= 15 is 0 Å². The zero-order chi connectivity index (χ0) is 19.8. The molecule has 1 aromatic carbocycles. The first-order valence-electron chi connectivity index (χ1n) is 9.59. The number of aromatic nitrogens is 2. The molecule has 146 valence electrons. The first-order valence-corrected chi connectivity index (χ1v) is 10.4. The molecular formula is C21H24N4O2S. The normalized spacial score (nSPS) is 17.2. The van der Waals surface area contributed by atoms with Crippen LogP contribution in [-0.4, -0.2) is 22.9 Å². The van der Waals surface area contributed by atoms with Gasteiger partial charge in [0.25, 0.3) is 11.5 Å². The van der Waals surface area contributed by atoms with Gasteiger partial charge in [0.2, 0.25) is 0 Å². The van der Waals surface area contributed by atoms with E-state index in [9.17, 15) is 9.59 Å². The summed E-state index contributed by atoms with van der Waals surface area (Å²) in [6.07, 6.45) is 3.12. The molecule has 0 saturated heterocycles. The van der Waals surface area contributed by atoms with Crippen molar-refractivity contribution in [2.45, 2.75) is 39.2 Å². The van der Waals surface area contributed by atoms with Crippen LogP contribution >= 0.6 is 11.3 Å². The Morgan fingerprint density at radius 1 is 1.39 bits per heavy atom. The third-order valence-electron chi connectivity index (χ3n) is 5.33. The number of hydrogen-bond donors (Lipinski definition) is 3. The highest BCUT2D eigenvalue weighted by molar-refractivity contribution is 7.18. The molecule has 0 saturated carbocycles. The number of hydrogen-bond acceptors (Lipinski definition) is 5. The van der Waals surface area contributed by atoms with E-state index in [0.717, 1.165) is 35.2 Å². The molecule has 1 aliphatic rings. The number of aromatic amines is 1. The second-order valence-electron chi connectivity index (χ2n) is 7.51. The third kappa shape index (κ3) is 3.42. The van der Waals surface area contributed by atoms with Gasteiger partial charge in [-0.05, 0) is 55.9 Å². The van der Waals surface area contributed by atoms with E-state index in [0.29, 0.717) is 17.3 Å². The van der Waals surface area contributed by atoms with Gasteiger partial charge in [0.1, 0.15) is 10.7 Å². The lowest BCUT2D eigenvalue weighted by Crippen LogP contribution is -2.19. The Hall–Kier alpha value is -2.67. The Bertz CT molecular complexity index is 1100. The monoisotopic (exact) mass is 396 g/mol. The molecule has 3 aromatic rings. The highest BCUT2D eigenvalue weighted by Gasteiger charge is 2.23. The highest BCUT2D eigenvalue weighted by Crippen LogP contribution is 2.36. The van der Waals surface area contributed by atoms with Gasteiger partial charge in [0, 0.05) is 23.2 Å². The van der Waals surface area contributed by atoms with Gasteiger partial charge in [0.05, 0.1) is 11.4 Å². The van der Waals surface area contributed by atoms with Crippen LogP contribution in [0.5, 0.6) is 0 Å². The van der Waals surface area contributed by atoms with Crippen LogP contribution in [0.2, 0.25) is 0 Å². The molecule has 0 unspecified atom stereocenters. The van der Waals surface area contributed by atoms with Crippen LogP contribution in [0.4, 0.5) is 5.69 Å². The molecule has 2 aromatic heterocycles. The van der Waals surface area contributed by atoms with Gasteiger partial charge in [-0.25, -0.2) is 4.98 Å². The topological polar surface area (TPSA) is 86.9 Å². The molecule has 0 bridgehead atoms. The summed E-state index contributed by atoms with van der Waals surface area (Å²) in [5.74, 6) is 1.13. The molecule has 4 rings (SSSR count). The number of nitrogens with one attached hydrogen (secondary N) is 3. The van der Waals surface area contributed by atoms with E-state index in [4.69, 9.17) is 4.98 Å². The van der Waals surface area contributed by atoms with Crippen LogP contribution in [0.25, 0.3) is 10.2 Å². The number of amides is 1. The van der Waals surface area contributed by atoms with Crippen molar-refractivity contribution in [2.75, 3.05) is 12.4 Å². The van der Waals surface area contributed by atoms with E-state index in [-0.39, 0.29) is 17.5 Å². The zero-order valence-corrected chi connectivity index (χ0v) is 17.1. The number of thiophene rings is 1. The van der Waals surface area contributed by atoms with Crippen LogP contribution in [0.3, 0.4) is 0 Å². The number of carbonyl (C=O) groups excluding carboxylic acids is 1. The summed E-state index contributed by atoms with van der Waals surface area (Å²) >= 11 is 1.65. The standard InChI is InChI=1S/C21H24N4O2S/c1-11-7-8-15-16(9-11)28-21-17(15)20(27)24-18(25-21)12(2)23-14-6-4-5-13(10-14)19(26)22-3/h4-6,10-12,23H,7-9H2,1-3H3,(H,22,26)(H,24,25,27)/t11-,12-/m0/s1. The molecule has 2 heterocycles. The van der Waals surface area contributed by atoms with Crippen molar-refractivity contribution < 1.29 is 4.79 Å². The summed E-state index contributed by atoms with van der Waals surface area (Å²) in [7, 11) is 1.61. The Balaban J connectivity index is 1.64. The van der Waals surface area contributed by atoms with Crippen LogP contribution in [0, 0.1) is 5.92 Å². The maximum Gasteiger partial charge on any atom is 0.259 e. The fraction of sp³-hybridized carbons (Fsp3) is 0.381. The lowest BCUT2D eigenvalue weighted by atomic mass is 9.89. The predicted molar refractivity (Wildman–Crippen MR) is 113 cm³/mol. The molecule has 7 heteroatoms. The number of anilines is 1. The first-order chi connectivity index (χ1) is 13.5. The van der Waals surface area contributed by atoms with Gasteiger partial charge in [-0.1, -0.05) is 13.0 Å². The molecule has 3 N–H and O–H groups in total. The summed E-state index contributed by atoms with van der Waals surface area (Å²) < 4.78 is 0. The van der Waals surface area contributed by atoms with Crippen LogP contribution in [0.1, 0.15) is 52.9 Å². The van der Waals surface area contributed by atoms with Gasteiger partial charge < -0.3 is 15.6 Å². The Morgan fingerprint density at radius 2 is 2.21 bits per heavy atom. The lowest BCUT2D eigenvalue weighted by molar-refractivity contribution is 0.0963. The fourth-order valence-corrected chi connectivity index (χ4v) is 5.17. The maximum atomic E-state index is 12.8. The minimum absolute atomic E-state index is 0.0557. The summed E-state index contributed by atoms with van der Waals surface area (Å²) in [6.45, 7) is 4.21. The second kappa shape index (κ2) is 7.39. The van der Waals surface area contributed by atoms with Crippen molar-refractivity contribution in [3.05, 3.63) is 56.4 Å². The van der Waals surface area contributed by atoms with Gasteiger partial charge in [-0.2, -0.15) is 0 Å². The quantitative estimate of drug-likeness (QED) is 0.628. The van der Waals surface area contributed by atoms with E-state index in [1.807, 2.05) is 19.1 Å². The third-order valence-corrected chi connectivity index (χ3v) is 6.48. The van der Waals surface area contributed by atoms with E-state index in [1.165, 1.54) is 10.4 Å². The Morgan fingerprint density at radius 3 is 3.00 bits per heavy atom. The molecule has 0 fully saturated rings. The van der Waals surface area contributed by atoms with Crippen molar-refractivity contribution in [1.82, 2.24) is 15.3 Å². The van der Waals surface area contributed by atoms with Crippen LogP contribution in [-0.2, 0) is 12.8 Å². The van der Waals surface area contributed by atoms with Crippen LogP contribution < -0.4 is 16.2 Å². The number of nitrogens with zero attached hydrogens (tertiary/aromatic N) is 1. The molecule has 6 nitrogen and oxygen atoms in total. The lowest BCUT2D eigenvalue weighted by Gasteiger charge is -2.17. The Kier molecular flexibility index (Phi) is 4.93. The summed E-state index contributed by atoms with van der Waals surface area (Å²) in [6, 6.07) is 7.07. The molecule has 0 spiro atoms. The van der Waals surface area contributed by atoms with Gasteiger partial charge in [-0.3, -0.25) is 9.59 Å². The number of benzene rings is 1. The summed E-state index contributed by atoms with van der Waals surface area (Å²) in [5, 5.41) is 6.72. The van der Waals surface area contributed by atoms with E-state index < -0.39 is 0 Å². The van der Waals surface area contributed by atoms with Crippen LogP contribution in [0.15, 0.2) is 29.1 Å². The largest absolute Gasteiger partial charge is 0.375 e. The molecule has 1 amide bonds. The second-order valence-corrected chi connectivity index (χ2v) is 8.59. The maximum absolute atomic E-state index is 12.8. The van der Waals surface area contributed by atoms with Crippen molar-refractivity contribution in [2.24, 2.45) is 5.92 Å². The average Bonchev–Trinajstić information content (AvgIpc) is 3.05. The molecular weight excluding hydrogens is 372 g/mol.